The minimum Gasteiger partial charge on any atom is -0.481 e. The number of nitrogens with zero attached hydrogens (tertiary/aromatic N) is 2. The van der Waals surface area contributed by atoms with Crippen LogP contribution in [-0.2, 0) is 14.8 Å². The smallest absolute Gasteiger partial charge is 0.311 e. The minimum absolute atomic E-state index is 0.0215. The lowest BCUT2D eigenvalue weighted by molar-refractivity contribution is -0.149. The molecule has 1 aliphatic carbocycles. The van der Waals surface area contributed by atoms with Crippen LogP contribution in [0.1, 0.15) is 41.6 Å². The normalized spacial score (nSPS) is 29.1. The molecule has 3 aliphatic rings. The van der Waals surface area contributed by atoms with Crippen LogP contribution in [-0.4, -0.2) is 55.7 Å². The number of likely N-dealkylation sites (tertiary alicyclic amines) is 1. The highest BCUT2D eigenvalue weighted by Crippen LogP contribution is 2.49. The van der Waals surface area contributed by atoms with Crippen LogP contribution in [0.25, 0.3) is 0 Å². The van der Waals surface area contributed by atoms with E-state index in [1.807, 2.05) is 0 Å². The number of anilines is 1. The summed E-state index contributed by atoms with van der Waals surface area (Å²) in [4.78, 5) is 26.5. The van der Waals surface area contributed by atoms with Gasteiger partial charge in [-0.2, -0.15) is 0 Å². The summed E-state index contributed by atoms with van der Waals surface area (Å²) in [5.41, 5.74) is 1.01. The highest BCUT2D eigenvalue weighted by Gasteiger charge is 2.55. The van der Waals surface area contributed by atoms with Gasteiger partial charge in [-0.3, -0.25) is 13.9 Å². The van der Waals surface area contributed by atoms with E-state index in [0.29, 0.717) is 42.7 Å². The van der Waals surface area contributed by atoms with E-state index in [1.54, 1.807) is 30.0 Å². The van der Waals surface area contributed by atoms with Crippen LogP contribution in [0.15, 0.2) is 18.2 Å². The molecule has 1 amide bonds. The average molecular weight is 392 g/mol. The summed E-state index contributed by atoms with van der Waals surface area (Å²) >= 11 is 0. The summed E-state index contributed by atoms with van der Waals surface area (Å²) in [5, 5.41) is 9.71. The van der Waals surface area contributed by atoms with Gasteiger partial charge in [0, 0.05) is 25.2 Å². The molecule has 1 aromatic carbocycles. The third-order valence-electron chi connectivity index (χ3n) is 6.41. The van der Waals surface area contributed by atoms with E-state index >= 15 is 0 Å². The van der Waals surface area contributed by atoms with Crippen molar-refractivity contribution in [2.75, 3.05) is 29.7 Å². The Hall–Kier alpha value is -2.09. The van der Waals surface area contributed by atoms with Gasteiger partial charge < -0.3 is 10.0 Å². The third kappa shape index (κ3) is 2.81. The van der Waals surface area contributed by atoms with Crippen LogP contribution in [0.2, 0.25) is 0 Å². The van der Waals surface area contributed by atoms with E-state index in [-0.39, 0.29) is 24.1 Å². The maximum Gasteiger partial charge on any atom is 0.311 e. The Morgan fingerprint density at radius 1 is 1.26 bits per heavy atom. The quantitative estimate of drug-likeness (QED) is 0.847. The molecule has 0 unspecified atom stereocenters. The van der Waals surface area contributed by atoms with Crippen molar-refractivity contribution in [3.8, 4) is 0 Å². The van der Waals surface area contributed by atoms with Crippen molar-refractivity contribution in [2.24, 2.45) is 11.3 Å². The number of carbonyl (C=O) groups excluding carboxylic acids is 1. The van der Waals surface area contributed by atoms with E-state index in [4.69, 9.17) is 0 Å². The van der Waals surface area contributed by atoms with Crippen LogP contribution in [0.4, 0.5) is 5.69 Å². The SMILES string of the molecule is Cc1cc(N2CCCS2(=O)=O)ccc1C(=O)N1C[C@@H]2CCC[C@@]2(C(=O)O)C1. The molecule has 0 bridgehead atoms. The first-order chi connectivity index (χ1) is 12.7. The van der Waals surface area contributed by atoms with Crippen LogP contribution in [0.3, 0.4) is 0 Å². The van der Waals surface area contributed by atoms with Crippen molar-refractivity contribution in [2.45, 2.75) is 32.6 Å². The second kappa shape index (κ2) is 6.22. The Kier molecular flexibility index (Phi) is 4.21. The second-order valence-corrected chi connectivity index (χ2v) is 9.99. The lowest BCUT2D eigenvalue weighted by Gasteiger charge is -2.24. The Balaban J connectivity index is 1.58. The summed E-state index contributed by atoms with van der Waals surface area (Å²) < 4.78 is 25.6. The van der Waals surface area contributed by atoms with Gasteiger partial charge in [-0.25, -0.2) is 8.42 Å². The number of carbonyl (C=O) groups is 2. The Labute approximate surface area is 159 Å². The van der Waals surface area contributed by atoms with Crippen molar-refractivity contribution in [1.29, 1.82) is 0 Å². The standard InChI is InChI=1S/C19H24N2O5S/c1-13-10-15(21-8-3-9-27(21,25)26)5-6-16(13)17(22)20-11-14-4-2-7-19(14,12-20)18(23)24/h5-6,10,14H,2-4,7-9,11-12H2,1H3,(H,23,24)/t14-,19+/m0/s1. The molecule has 0 aromatic heterocycles. The van der Waals surface area contributed by atoms with Gasteiger partial charge in [0.2, 0.25) is 10.0 Å². The molecule has 1 N–H and O–H groups in total. The zero-order valence-electron chi connectivity index (χ0n) is 15.3. The van der Waals surface area contributed by atoms with Gasteiger partial charge in [0.25, 0.3) is 5.91 Å². The van der Waals surface area contributed by atoms with Crippen molar-refractivity contribution in [3.63, 3.8) is 0 Å². The van der Waals surface area contributed by atoms with Crippen LogP contribution in [0.5, 0.6) is 0 Å². The number of carboxylic acid groups (broad SMARTS) is 1. The van der Waals surface area contributed by atoms with E-state index < -0.39 is 21.4 Å². The molecular weight excluding hydrogens is 368 g/mol. The average Bonchev–Trinajstić information content (AvgIpc) is 3.25. The van der Waals surface area contributed by atoms with Gasteiger partial charge in [0.15, 0.2) is 0 Å². The van der Waals surface area contributed by atoms with Crippen LogP contribution in [0, 0.1) is 18.3 Å². The van der Waals surface area contributed by atoms with Crippen molar-refractivity contribution >= 4 is 27.6 Å². The molecular formula is C19H24N2O5S. The molecule has 1 aromatic rings. The first-order valence-corrected chi connectivity index (χ1v) is 11.0. The number of sulfonamides is 1. The fourth-order valence-corrected chi connectivity index (χ4v) is 6.49. The van der Waals surface area contributed by atoms with Crippen molar-refractivity contribution < 1.29 is 23.1 Å². The van der Waals surface area contributed by atoms with E-state index in [9.17, 15) is 23.1 Å². The molecule has 2 saturated heterocycles. The molecule has 1 saturated carbocycles. The molecule has 7 nitrogen and oxygen atoms in total. The molecule has 0 radical (unpaired) electrons. The Morgan fingerprint density at radius 2 is 2.04 bits per heavy atom. The van der Waals surface area contributed by atoms with Crippen LogP contribution < -0.4 is 4.31 Å². The maximum absolute atomic E-state index is 13.0. The topological polar surface area (TPSA) is 95.0 Å². The summed E-state index contributed by atoms with van der Waals surface area (Å²) in [6.45, 7) is 2.99. The molecule has 4 rings (SSSR count). The predicted molar refractivity (Wildman–Crippen MR) is 100 cm³/mol. The number of aryl methyl sites for hydroxylation is 1. The van der Waals surface area contributed by atoms with E-state index in [0.717, 1.165) is 12.8 Å². The highest BCUT2D eigenvalue weighted by atomic mass is 32.2. The number of fused-ring (bicyclic) bond motifs is 1. The second-order valence-electron chi connectivity index (χ2n) is 7.98. The molecule has 2 heterocycles. The van der Waals surface area contributed by atoms with E-state index in [1.165, 1.54) is 4.31 Å². The summed E-state index contributed by atoms with van der Waals surface area (Å²) in [5.74, 6) is -0.794. The number of rotatable bonds is 3. The van der Waals surface area contributed by atoms with Crippen molar-refractivity contribution in [3.05, 3.63) is 29.3 Å². The van der Waals surface area contributed by atoms with Crippen molar-refractivity contribution in [1.82, 2.24) is 4.90 Å². The fraction of sp³-hybridized carbons (Fsp3) is 0.579. The Morgan fingerprint density at radius 3 is 2.63 bits per heavy atom. The summed E-state index contributed by atoms with van der Waals surface area (Å²) in [7, 11) is -3.26. The molecule has 27 heavy (non-hydrogen) atoms. The maximum atomic E-state index is 13.0. The molecule has 146 valence electrons. The molecule has 2 aliphatic heterocycles. The van der Waals surface area contributed by atoms with Crippen LogP contribution >= 0.6 is 0 Å². The molecule has 8 heteroatoms. The molecule has 0 spiro atoms. The van der Waals surface area contributed by atoms with Gasteiger partial charge in [0.1, 0.15) is 0 Å². The zero-order chi connectivity index (χ0) is 19.4. The molecule has 2 atom stereocenters. The highest BCUT2D eigenvalue weighted by molar-refractivity contribution is 7.93. The van der Waals surface area contributed by atoms with Gasteiger partial charge in [0.05, 0.1) is 16.9 Å². The lowest BCUT2D eigenvalue weighted by Crippen LogP contribution is -2.37. The fourth-order valence-electron chi connectivity index (χ4n) is 4.94. The summed E-state index contributed by atoms with van der Waals surface area (Å²) in [6, 6.07) is 5.08. The number of aliphatic carboxylic acids is 1. The van der Waals surface area contributed by atoms with Gasteiger partial charge in [-0.15, -0.1) is 0 Å². The number of carboxylic acids is 1. The zero-order valence-corrected chi connectivity index (χ0v) is 16.2. The van der Waals surface area contributed by atoms with Gasteiger partial charge in [-0.1, -0.05) is 6.42 Å². The van der Waals surface area contributed by atoms with E-state index in [2.05, 4.69) is 0 Å². The number of hydrogen-bond donors (Lipinski definition) is 1. The third-order valence-corrected chi connectivity index (χ3v) is 8.28. The molecule has 3 fully saturated rings. The first-order valence-electron chi connectivity index (χ1n) is 9.38. The number of hydrogen-bond acceptors (Lipinski definition) is 4. The largest absolute Gasteiger partial charge is 0.481 e. The van der Waals surface area contributed by atoms with Gasteiger partial charge in [-0.05, 0) is 55.9 Å². The lowest BCUT2D eigenvalue weighted by atomic mass is 9.81. The monoisotopic (exact) mass is 392 g/mol. The van der Waals surface area contributed by atoms with Gasteiger partial charge >= 0.3 is 5.97 Å². The summed E-state index contributed by atoms with van der Waals surface area (Å²) in [6.07, 6.45) is 2.98. The number of benzene rings is 1. The number of amides is 1. The predicted octanol–water partition coefficient (Wildman–Crippen LogP) is 1.86. The minimum atomic E-state index is -3.26. The first kappa shape index (κ1) is 18.3. The Bertz CT molecular complexity index is 913.